The molecular weight excluding hydrogens is 696 g/mol. The van der Waals surface area contributed by atoms with Gasteiger partial charge in [0, 0.05) is 51.5 Å². The molecule has 21 nitrogen and oxygen atoms in total. The van der Waals surface area contributed by atoms with Crippen LogP contribution in [0, 0.1) is 0 Å². The quantitative estimate of drug-likeness (QED) is 0.0407. The van der Waals surface area contributed by atoms with Gasteiger partial charge in [0.15, 0.2) is 11.6 Å². The molecule has 0 unspecified atom stereocenters. The van der Waals surface area contributed by atoms with E-state index < -0.39 is 118 Å². The van der Waals surface area contributed by atoms with Crippen LogP contribution < -0.4 is 16.0 Å². The van der Waals surface area contributed by atoms with Gasteiger partial charge in [0.05, 0.1) is 26.2 Å². The first-order chi connectivity index (χ1) is 24.3. The van der Waals surface area contributed by atoms with Crippen LogP contribution in [0.4, 0.5) is 0 Å². The maximum atomic E-state index is 12.6. The minimum absolute atomic E-state index is 0.00433. The van der Waals surface area contributed by atoms with Gasteiger partial charge in [-0.15, -0.1) is 0 Å². The lowest BCUT2D eigenvalue weighted by Crippen LogP contribution is -2.47. The minimum Gasteiger partial charge on any atom is -0.480 e. The summed E-state index contributed by atoms with van der Waals surface area (Å²) < 4.78 is 0. The summed E-state index contributed by atoms with van der Waals surface area (Å²) in [5.74, 6) is -10.0. The zero-order valence-corrected chi connectivity index (χ0v) is 29.1. The average molecular weight is 743 g/mol. The number of aliphatic carboxylic acids is 3. The van der Waals surface area contributed by atoms with Gasteiger partial charge in [-0.25, -0.2) is 0 Å². The van der Waals surface area contributed by atoms with Crippen molar-refractivity contribution < 1.29 is 72.9 Å². The van der Waals surface area contributed by atoms with E-state index in [0.29, 0.717) is 4.90 Å². The molecule has 0 aromatic carbocycles. The second kappa shape index (κ2) is 25.4. The van der Waals surface area contributed by atoms with Gasteiger partial charge in [-0.3, -0.25) is 52.7 Å². The maximum absolute atomic E-state index is 12.6. The van der Waals surface area contributed by atoms with Crippen LogP contribution in [0.1, 0.15) is 58.3 Å². The summed E-state index contributed by atoms with van der Waals surface area (Å²) in [7, 11) is 1.53. The standard InChI is InChI=1S/C31H46N6O15/c1-20(38)5-9-26(44)35(17-29(47)48)14-22(40)4-3-11-33-25(43)16-37(19-31(51)52)28(46)13-34-24(42)8-6-23(41)15-36(18-30(49)50)27(45)10-7-21(39)12-32-2/h32H,3-19H2,1-2H3,(H,33,43)(H,34,42)(H,47,48)(H,49,50)(H,51,52). The number of amides is 5. The number of likely N-dealkylation sites (N-methyl/N-ethyl adjacent to an activating group) is 1. The van der Waals surface area contributed by atoms with Crippen LogP contribution in [-0.4, -0.2) is 167 Å². The van der Waals surface area contributed by atoms with Crippen molar-refractivity contribution in [3.8, 4) is 0 Å². The molecule has 290 valence electrons. The molecule has 0 rings (SSSR count). The topological polar surface area (TPSA) is 311 Å². The van der Waals surface area contributed by atoms with Crippen LogP contribution in [0.2, 0.25) is 0 Å². The van der Waals surface area contributed by atoms with Crippen molar-refractivity contribution in [1.82, 2.24) is 30.7 Å². The van der Waals surface area contributed by atoms with Crippen molar-refractivity contribution in [2.24, 2.45) is 0 Å². The second-order valence-corrected chi connectivity index (χ2v) is 11.5. The molecular formula is C31H46N6O15. The van der Waals surface area contributed by atoms with Crippen molar-refractivity contribution in [2.75, 3.05) is 66.0 Å². The highest BCUT2D eigenvalue weighted by atomic mass is 16.4. The van der Waals surface area contributed by atoms with Gasteiger partial charge >= 0.3 is 17.9 Å². The van der Waals surface area contributed by atoms with E-state index in [4.69, 9.17) is 15.3 Å². The van der Waals surface area contributed by atoms with Crippen LogP contribution in [-0.2, 0) is 57.5 Å². The highest BCUT2D eigenvalue weighted by Gasteiger charge is 2.24. The number of hydrogen-bond acceptors (Lipinski definition) is 13. The molecule has 5 amide bonds. The molecule has 21 heteroatoms. The monoisotopic (exact) mass is 742 g/mol. The summed E-state index contributed by atoms with van der Waals surface area (Å²) in [6.45, 7) is -3.96. The van der Waals surface area contributed by atoms with Gasteiger partial charge in [0.1, 0.15) is 37.7 Å². The summed E-state index contributed by atoms with van der Waals surface area (Å²) in [6, 6.07) is 0. The Hall–Kier alpha value is -5.60. The van der Waals surface area contributed by atoms with E-state index in [-0.39, 0.29) is 63.2 Å². The second-order valence-electron chi connectivity index (χ2n) is 11.5. The first-order valence-electron chi connectivity index (χ1n) is 16.1. The number of nitrogens with zero attached hydrogens (tertiary/aromatic N) is 3. The third-order valence-corrected chi connectivity index (χ3v) is 6.81. The molecule has 0 heterocycles. The Kier molecular flexibility index (Phi) is 22.6. The van der Waals surface area contributed by atoms with Gasteiger partial charge in [-0.05, 0) is 20.4 Å². The van der Waals surface area contributed by atoms with E-state index in [9.17, 15) is 57.5 Å². The molecule has 0 fully saturated rings. The lowest BCUT2D eigenvalue weighted by atomic mass is 10.1. The molecule has 0 aromatic rings. The number of carboxylic acid groups (broad SMARTS) is 3. The smallest absolute Gasteiger partial charge is 0.323 e. The lowest BCUT2D eigenvalue weighted by Gasteiger charge is -2.21. The number of carbonyl (C=O) groups is 12. The Labute approximate surface area is 298 Å². The fraction of sp³-hybridized carbons (Fsp3) is 0.613. The molecule has 0 bridgehead atoms. The van der Waals surface area contributed by atoms with Crippen molar-refractivity contribution in [1.29, 1.82) is 0 Å². The zero-order valence-electron chi connectivity index (χ0n) is 29.1. The van der Waals surface area contributed by atoms with E-state index in [1.807, 2.05) is 0 Å². The third kappa shape index (κ3) is 22.9. The van der Waals surface area contributed by atoms with Crippen molar-refractivity contribution >= 4 is 70.6 Å². The SMILES string of the molecule is CNCC(=O)CCC(=O)N(CC(=O)O)CC(=O)CCC(=O)NCC(=O)N(CC(=O)O)CC(=O)NCCCC(=O)CN(CC(=O)O)C(=O)CCC(C)=O. The van der Waals surface area contributed by atoms with E-state index in [2.05, 4.69) is 16.0 Å². The van der Waals surface area contributed by atoms with Crippen molar-refractivity contribution in [2.45, 2.75) is 58.3 Å². The molecule has 0 radical (unpaired) electrons. The molecule has 0 saturated carbocycles. The van der Waals surface area contributed by atoms with Crippen LogP contribution in [0.25, 0.3) is 0 Å². The van der Waals surface area contributed by atoms with Crippen LogP contribution >= 0.6 is 0 Å². The van der Waals surface area contributed by atoms with Crippen molar-refractivity contribution in [3.63, 3.8) is 0 Å². The van der Waals surface area contributed by atoms with Gasteiger partial charge in [0.25, 0.3) is 0 Å². The predicted molar refractivity (Wildman–Crippen MR) is 175 cm³/mol. The minimum atomic E-state index is -1.47. The number of ketones is 4. The fourth-order valence-electron chi connectivity index (χ4n) is 4.27. The van der Waals surface area contributed by atoms with E-state index in [0.717, 1.165) is 9.80 Å². The van der Waals surface area contributed by atoms with Crippen LogP contribution in [0.5, 0.6) is 0 Å². The van der Waals surface area contributed by atoms with Gasteiger partial charge in [0.2, 0.25) is 29.5 Å². The Morgan fingerprint density at radius 1 is 0.462 bits per heavy atom. The highest BCUT2D eigenvalue weighted by molar-refractivity contribution is 5.94. The first-order valence-corrected chi connectivity index (χ1v) is 16.1. The molecule has 0 spiro atoms. The molecule has 0 aliphatic heterocycles. The number of nitrogens with one attached hydrogen (secondary N) is 3. The third-order valence-electron chi connectivity index (χ3n) is 6.81. The molecule has 0 aliphatic carbocycles. The summed E-state index contributed by atoms with van der Waals surface area (Å²) in [4.78, 5) is 145. The summed E-state index contributed by atoms with van der Waals surface area (Å²) >= 11 is 0. The molecule has 6 N–H and O–H groups in total. The Bertz CT molecular complexity index is 1370. The normalized spacial score (nSPS) is 10.3. The summed E-state index contributed by atoms with van der Waals surface area (Å²) in [5.41, 5.74) is 0. The first kappa shape index (κ1) is 46.4. The van der Waals surface area contributed by atoms with Gasteiger partial charge < -0.3 is 50.8 Å². The summed E-state index contributed by atoms with van der Waals surface area (Å²) in [5, 5.41) is 34.5. The maximum Gasteiger partial charge on any atom is 0.323 e. The number of hydrogen-bond donors (Lipinski definition) is 6. The van der Waals surface area contributed by atoms with Crippen molar-refractivity contribution in [3.05, 3.63) is 0 Å². The number of rotatable bonds is 29. The number of carbonyl (C=O) groups excluding carboxylic acids is 9. The van der Waals surface area contributed by atoms with Gasteiger partial charge in [-0.1, -0.05) is 0 Å². The van der Waals surface area contributed by atoms with E-state index in [1.54, 1.807) is 0 Å². The Morgan fingerprint density at radius 3 is 1.40 bits per heavy atom. The largest absolute Gasteiger partial charge is 0.480 e. The lowest BCUT2D eigenvalue weighted by molar-refractivity contribution is -0.146. The summed E-state index contributed by atoms with van der Waals surface area (Å²) in [6.07, 6.45) is -1.91. The van der Waals surface area contributed by atoms with Gasteiger partial charge in [-0.2, -0.15) is 0 Å². The molecule has 52 heavy (non-hydrogen) atoms. The van der Waals surface area contributed by atoms with Crippen LogP contribution in [0.15, 0.2) is 0 Å². The molecule has 0 aromatic heterocycles. The molecule has 0 atom stereocenters. The Morgan fingerprint density at radius 2 is 0.923 bits per heavy atom. The number of carboxylic acids is 3. The van der Waals surface area contributed by atoms with E-state index >= 15 is 0 Å². The Balaban J connectivity index is 4.86. The zero-order chi connectivity index (χ0) is 39.8. The fourth-order valence-corrected chi connectivity index (χ4v) is 4.27. The average Bonchev–Trinajstić information content (AvgIpc) is 3.04. The number of Topliss-reactive ketones (excluding diaryl/α,β-unsaturated/α-hetero) is 4. The van der Waals surface area contributed by atoms with Crippen LogP contribution in [0.3, 0.4) is 0 Å². The van der Waals surface area contributed by atoms with E-state index in [1.165, 1.54) is 14.0 Å². The highest BCUT2D eigenvalue weighted by Crippen LogP contribution is 2.04. The molecule has 0 saturated heterocycles. The predicted octanol–water partition coefficient (Wildman–Crippen LogP) is -3.41. The molecule has 0 aliphatic rings.